The second-order valence-electron chi connectivity index (χ2n) is 5.37. The molecule has 0 aliphatic rings. The van der Waals surface area contributed by atoms with Gasteiger partial charge < -0.3 is 5.11 Å². The number of benzene rings is 1. The van der Waals surface area contributed by atoms with Gasteiger partial charge in [-0.05, 0) is 31.4 Å². The first-order valence-corrected chi connectivity index (χ1v) is 8.86. The van der Waals surface area contributed by atoms with Gasteiger partial charge in [-0.25, -0.2) is 0 Å². The summed E-state index contributed by atoms with van der Waals surface area (Å²) < 4.78 is 3.67. The maximum Gasteiger partial charge on any atom is 0.262 e. The van der Waals surface area contributed by atoms with E-state index in [2.05, 4.69) is 10.2 Å². The van der Waals surface area contributed by atoms with Crippen molar-refractivity contribution in [3.05, 3.63) is 34.6 Å². The predicted molar refractivity (Wildman–Crippen MR) is 92.1 cm³/mol. The van der Waals surface area contributed by atoms with Crippen molar-refractivity contribution >= 4 is 28.4 Å². The summed E-state index contributed by atoms with van der Waals surface area (Å²) in [6.45, 7) is 2.87. The molecule has 3 aromatic rings. The van der Waals surface area contributed by atoms with Crippen LogP contribution in [0.5, 0.6) is 0 Å². The lowest BCUT2D eigenvalue weighted by atomic mass is 10.2. The van der Waals surface area contributed by atoms with Gasteiger partial charge in [-0.3, -0.25) is 13.8 Å². The monoisotopic (exact) mass is 332 g/mol. The van der Waals surface area contributed by atoms with E-state index in [-0.39, 0.29) is 12.2 Å². The van der Waals surface area contributed by atoms with Crippen LogP contribution in [-0.2, 0) is 6.54 Å². The summed E-state index contributed by atoms with van der Waals surface area (Å²) in [5.74, 6) is 1.46. The molecule has 23 heavy (non-hydrogen) atoms. The quantitative estimate of drug-likeness (QED) is 0.531. The van der Waals surface area contributed by atoms with Crippen LogP contribution in [0.2, 0.25) is 0 Å². The van der Waals surface area contributed by atoms with Crippen molar-refractivity contribution in [3.8, 4) is 0 Å². The van der Waals surface area contributed by atoms with Crippen LogP contribution in [0.1, 0.15) is 26.2 Å². The molecular weight excluding hydrogens is 312 g/mol. The molecule has 2 aromatic heterocycles. The third-order valence-corrected chi connectivity index (χ3v) is 4.72. The summed E-state index contributed by atoms with van der Waals surface area (Å²) in [5, 5.41) is 18.9. The lowest BCUT2D eigenvalue weighted by molar-refractivity contribution is 0.287. The van der Waals surface area contributed by atoms with E-state index >= 15 is 0 Å². The lowest BCUT2D eigenvalue weighted by Gasteiger charge is -2.10. The van der Waals surface area contributed by atoms with Crippen molar-refractivity contribution in [1.29, 1.82) is 0 Å². The highest BCUT2D eigenvalue weighted by Gasteiger charge is 2.15. The van der Waals surface area contributed by atoms with Gasteiger partial charge in [0.25, 0.3) is 5.56 Å². The maximum atomic E-state index is 12.7. The molecule has 0 aliphatic carbocycles. The van der Waals surface area contributed by atoms with Gasteiger partial charge in [0.15, 0.2) is 5.16 Å². The number of rotatable bonds is 7. The number of fused-ring (bicyclic) bond motifs is 3. The number of unbranched alkanes of at least 4 members (excludes halogenated alkanes) is 1. The fraction of sp³-hybridized carbons (Fsp3) is 0.438. The molecule has 0 unspecified atom stereocenters. The smallest absolute Gasteiger partial charge is 0.262 e. The van der Waals surface area contributed by atoms with Gasteiger partial charge >= 0.3 is 0 Å². The number of hydrogen-bond donors (Lipinski definition) is 1. The number of hydrogen-bond acceptors (Lipinski definition) is 5. The summed E-state index contributed by atoms with van der Waals surface area (Å²) in [5.41, 5.74) is 0.827. The van der Waals surface area contributed by atoms with E-state index in [1.807, 2.05) is 35.6 Å². The molecule has 1 N–H and O–H groups in total. The van der Waals surface area contributed by atoms with E-state index in [4.69, 9.17) is 5.11 Å². The van der Waals surface area contributed by atoms with Gasteiger partial charge in [-0.15, -0.1) is 10.2 Å². The molecule has 0 aliphatic heterocycles. The second kappa shape index (κ2) is 7.14. The first-order chi connectivity index (χ1) is 11.3. The minimum absolute atomic E-state index is 0.0146. The van der Waals surface area contributed by atoms with Crippen LogP contribution in [0.25, 0.3) is 16.7 Å². The SMILES string of the molecule is CCCn1c(=O)c2ccccc2n2c(SCCCCO)nnc12. The van der Waals surface area contributed by atoms with Crippen molar-refractivity contribution < 1.29 is 5.11 Å². The van der Waals surface area contributed by atoms with Crippen LogP contribution in [0.15, 0.2) is 34.2 Å². The van der Waals surface area contributed by atoms with Crippen LogP contribution in [0.4, 0.5) is 0 Å². The third-order valence-electron chi connectivity index (χ3n) is 3.71. The Kier molecular flexibility index (Phi) is 4.97. The zero-order chi connectivity index (χ0) is 16.2. The molecular formula is C16H20N4O2S. The summed E-state index contributed by atoms with van der Waals surface area (Å²) >= 11 is 1.61. The van der Waals surface area contributed by atoms with Gasteiger partial charge in [0.1, 0.15) is 0 Å². The molecule has 0 amide bonds. The summed E-state index contributed by atoms with van der Waals surface area (Å²) in [7, 11) is 0. The van der Waals surface area contributed by atoms with E-state index in [0.717, 1.165) is 35.7 Å². The Labute approximate surface area is 138 Å². The number of aryl methyl sites for hydroxylation is 1. The zero-order valence-electron chi connectivity index (χ0n) is 13.1. The average Bonchev–Trinajstić information content (AvgIpc) is 2.99. The summed E-state index contributed by atoms with van der Waals surface area (Å²) in [6, 6.07) is 7.58. The molecule has 0 bridgehead atoms. The maximum absolute atomic E-state index is 12.7. The number of nitrogens with zero attached hydrogens (tertiary/aromatic N) is 4. The van der Waals surface area contributed by atoms with Crippen molar-refractivity contribution in [3.63, 3.8) is 0 Å². The minimum Gasteiger partial charge on any atom is -0.396 e. The first-order valence-electron chi connectivity index (χ1n) is 7.88. The summed E-state index contributed by atoms with van der Waals surface area (Å²) in [4.78, 5) is 12.7. The van der Waals surface area contributed by atoms with Gasteiger partial charge in [-0.2, -0.15) is 0 Å². The molecule has 0 atom stereocenters. The highest BCUT2D eigenvalue weighted by Crippen LogP contribution is 2.22. The van der Waals surface area contributed by atoms with E-state index in [1.165, 1.54) is 0 Å². The normalized spacial score (nSPS) is 11.6. The molecule has 0 saturated carbocycles. The second-order valence-corrected chi connectivity index (χ2v) is 6.43. The van der Waals surface area contributed by atoms with Gasteiger partial charge in [0.2, 0.25) is 5.78 Å². The number of para-hydroxylation sites is 1. The van der Waals surface area contributed by atoms with Crippen LogP contribution >= 0.6 is 11.8 Å². The molecule has 0 radical (unpaired) electrons. The average molecular weight is 332 g/mol. The van der Waals surface area contributed by atoms with Crippen molar-refractivity contribution in [2.24, 2.45) is 0 Å². The molecule has 1 aromatic carbocycles. The Balaban J connectivity index is 2.15. The molecule has 0 fully saturated rings. The molecule has 3 rings (SSSR count). The van der Waals surface area contributed by atoms with Crippen LogP contribution in [0, 0.1) is 0 Å². The number of thioether (sulfide) groups is 1. The number of aliphatic hydroxyl groups excluding tert-OH is 1. The Morgan fingerprint density at radius 2 is 2.04 bits per heavy atom. The highest BCUT2D eigenvalue weighted by molar-refractivity contribution is 7.99. The number of aliphatic hydroxyl groups is 1. The number of aromatic nitrogens is 4. The van der Waals surface area contributed by atoms with E-state index in [1.54, 1.807) is 16.3 Å². The minimum atomic E-state index is -0.0146. The Hall–Kier alpha value is -1.86. The van der Waals surface area contributed by atoms with E-state index in [9.17, 15) is 4.79 Å². The topological polar surface area (TPSA) is 72.4 Å². The van der Waals surface area contributed by atoms with Crippen molar-refractivity contribution in [2.75, 3.05) is 12.4 Å². The van der Waals surface area contributed by atoms with Crippen molar-refractivity contribution in [2.45, 2.75) is 37.9 Å². The van der Waals surface area contributed by atoms with Crippen molar-refractivity contribution in [1.82, 2.24) is 19.2 Å². The molecule has 0 saturated heterocycles. The fourth-order valence-electron chi connectivity index (χ4n) is 2.63. The summed E-state index contributed by atoms with van der Waals surface area (Å²) in [6.07, 6.45) is 2.56. The highest BCUT2D eigenvalue weighted by atomic mass is 32.2. The van der Waals surface area contributed by atoms with Crippen LogP contribution in [0.3, 0.4) is 0 Å². The molecule has 7 heteroatoms. The Morgan fingerprint density at radius 3 is 2.83 bits per heavy atom. The van der Waals surface area contributed by atoms with Gasteiger partial charge in [0, 0.05) is 18.9 Å². The molecule has 122 valence electrons. The standard InChI is InChI=1S/C16H20N4O2S/c1-2-9-19-14(22)12-7-3-4-8-13(12)20-15(19)17-18-16(20)23-11-6-5-10-21/h3-4,7-8,21H,2,5-6,9-11H2,1H3. The largest absolute Gasteiger partial charge is 0.396 e. The van der Waals surface area contributed by atoms with E-state index in [0.29, 0.717) is 17.7 Å². The van der Waals surface area contributed by atoms with E-state index < -0.39 is 0 Å². The Morgan fingerprint density at radius 1 is 1.22 bits per heavy atom. The zero-order valence-corrected chi connectivity index (χ0v) is 13.9. The van der Waals surface area contributed by atoms with Gasteiger partial charge in [-0.1, -0.05) is 30.8 Å². The van der Waals surface area contributed by atoms with Crippen LogP contribution in [-0.4, -0.2) is 36.6 Å². The lowest BCUT2D eigenvalue weighted by Crippen LogP contribution is -2.23. The predicted octanol–water partition coefficient (Wildman–Crippen LogP) is 2.32. The fourth-order valence-corrected chi connectivity index (χ4v) is 3.57. The third kappa shape index (κ3) is 2.98. The van der Waals surface area contributed by atoms with Gasteiger partial charge in [0.05, 0.1) is 10.9 Å². The molecule has 6 nitrogen and oxygen atoms in total. The van der Waals surface area contributed by atoms with Crippen LogP contribution < -0.4 is 5.56 Å². The molecule has 0 spiro atoms. The first kappa shape index (κ1) is 16.0. The molecule has 2 heterocycles. The Bertz CT molecular complexity index is 872.